The van der Waals surface area contributed by atoms with Gasteiger partial charge in [0.1, 0.15) is 0 Å². The topological polar surface area (TPSA) is 6.48 Å². The molecule has 0 bridgehead atoms. The molecule has 0 aliphatic heterocycles. The molecular weight excluding hydrogens is 544 g/mol. The molecule has 214 valence electrons. The van der Waals surface area contributed by atoms with Gasteiger partial charge in [-0.25, -0.2) is 0 Å². The Balaban J connectivity index is 1.20. The van der Waals surface area contributed by atoms with Crippen LogP contribution in [0, 0.1) is 0 Å². The van der Waals surface area contributed by atoms with Gasteiger partial charge in [-0.3, -0.25) is 0 Å². The molecule has 2 heteroatoms. The van der Waals surface area contributed by atoms with Crippen molar-refractivity contribution in [3.8, 4) is 11.1 Å². The first-order valence-corrected chi connectivity index (χ1v) is 15.4. The van der Waals surface area contributed by atoms with Crippen LogP contribution in [-0.2, 0) is 0 Å². The molecule has 0 radical (unpaired) electrons. The Morgan fingerprint density at radius 3 is 1.58 bits per heavy atom. The standard InChI is InChI=1S/C43H32N2/c1-44(43-30-35-15-7-8-16-40(35)41-17-9-10-18-42(41)43)36-25-27-38(28-26-36)45(39-24-21-32-13-5-6-14-34(32)29-39)37-22-19-33(20-23-37)31-11-3-2-4-12-31/h2-30H,1H3. The molecule has 45 heavy (non-hydrogen) atoms. The second-order valence-electron chi connectivity index (χ2n) is 11.5. The number of fused-ring (bicyclic) bond motifs is 4. The maximum Gasteiger partial charge on any atom is 0.0494 e. The van der Waals surface area contributed by atoms with Crippen LogP contribution in [0.5, 0.6) is 0 Å². The lowest BCUT2D eigenvalue weighted by Gasteiger charge is -2.27. The van der Waals surface area contributed by atoms with Gasteiger partial charge in [-0.15, -0.1) is 0 Å². The molecule has 2 nitrogen and oxygen atoms in total. The number of rotatable bonds is 6. The molecule has 0 aliphatic rings. The van der Waals surface area contributed by atoms with Crippen LogP contribution < -0.4 is 9.80 Å². The van der Waals surface area contributed by atoms with Crippen molar-refractivity contribution in [3.63, 3.8) is 0 Å². The SMILES string of the molecule is CN(c1ccc(N(c2ccc(-c3ccccc3)cc2)c2ccc3ccccc3c2)cc1)c1cc2ccccc2c2ccccc12. The summed E-state index contributed by atoms with van der Waals surface area (Å²) in [6.45, 7) is 0. The van der Waals surface area contributed by atoms with E-state index in [9.17, 15) is 0 Å². The summed E-state index contributed by atoms with van der Waals surface area (Å²) < 4.78 is 0. The van der Waals surface area contributed by atoms with E-state index in [0.717, 1.165) is 22.7 Å². The zero-order valence-corrected chi connectivity index (χ0v) is 25.1. The number of anilines is 5. The van der Waals surface area contributed by atoms with Gasteiger partial charge in [-0.05, 0) is 92.7 Å². The minimum Gasteiger partial charge on any atom is -0.344 e. The fraction of sp³-hybridized carbons (Fsp3) is 0.0233. The summed E-state index contributed by atoms with van der Waals surface area (Å²) >= 11 is 0. The Kier molecular flexibility index (Phi) is 6.73. The highest BCUT2D eigenvalue weighted by molar-refractivity contribution is 6.13. The summed E-state index contributed by atoms with van der Waals surface area (Å²) in [6, 6.07) is 63.2. The van der Waals surface area contributed by atoms with Gasteiger partial charge >= 0.3 is 0 Å². The minimum absolute atomic E-state index is 1.11. The third-order valence-electron chi connectivity index (χ3n) is 8.83. The molecule has 8 aromatic carbocycles. The van der Waals surface area contributed by atoms with E-state index >= 15 is 0 Å². The van der Waals surface area contributed by atoms with Gasteiger partial charge in [-0.2, -0.15) is 0 Å². The van der Waals surface area contributed by atoms with E-state index in [4.69, 9.17) is 0 Å². The molecule has 0 unspecified atom stereocenters. The Hall–Kier alpha value is -5.86. The summed E-state index contributed by atoms with van der Waals surface area (Å²) in [7, 11) is 2.16. The predicted octanol–water partition coefficient (Wildman–Crippen LogP) is 12.1. The third kappa shape index (κ3) is 4.97. The van der Waals surface area contributed by atoms with Gasteiger partial charge in [-0.1, -0.05) is 121 Å². The fourth-order valence-corrected chi connectivity index (χ4v) is 6.47. The number of hydrogen-bond acceptors (Lipinski definition) is 2. The molecule has 0 fully saturated rings. The average Bonchev–Trinajstić information content (AvgIpc) is 3.12. The van der Waals surface area contributed by atoms with Gasteiger partial charge < -0.3 is 9.80 Å². The first kappa shape index (κ1) is 26.7. The molecule has 0 saturated heterocycles. The molecule has 0 saturated carbocycles. The van der Waals surface area contributed by atoms with Crippen molar-refractivity contribution >= 4 is 60.8 Å². The molecule has 0 atom stereocenters. The van der Waals surface area contributed by atoms with E-state index in [1.807, 2.05) is 0 Å². The largest absolute Gasteiger partial charge is 0.344 e. The Labute approximate surface area is 264 Å². The summed E-state index contributed by atoms with van der Waals surface area (Å²) in [4.78, 5) is 4.64. The van der Waals surface area contributed by atoms with E-state index in [1.54, 1.807) is 0 Å². The van der Waals surface area contributed by atoms with E-state index < -0.39 is 0 Å². The van der Waals surface area contributed by atoms with Crippen LogP contribution in [-0.4, -0.2) is 7.05 Å². The molecular formula is C43H32N2. The van der Waals surface area contributed by atoms with Crippen LogP contribution in [0.2, 0.25) is 0 Å². The normalized spacial score (nSPS) is 11.2. The van der Waals surface area contributed by atoms with Gasteiger partial charge in [0.05, 0.1) is 0 Å². The van der Waals surface area contributed by atoms with Crippen LogP contribution in [0.4, 0.5) is 28.4 Å². The third-order valence-corrected chi connectivity index (χ3v) is 8.83. The zero-order chi connectivity index (χ0) is 30.2. The van der Waals surface area contributed by atoms with Gasteiger partial charge in [0.2, 0.25) is 0 Å². The van der Waals surface area contributed by atoms with Crippen molar-refractivity contribution in [3.05, 3.63) is 176 Å². The van der Waals surface area contributed by atoms with Crippen molar-refractivity contribution in [1.82, 2.24) is 0 Å². The highest BCUT2D eigenvalue weighted by atomic mass is 15.1. The first-order valence-electron chi connectivity index (χ1n) is 15.4. The zero-order valence-electron chi connectivity index (χ0n) is 25.1. The summed E-state index contributed by atoms with van der Waals surface area (Å²) in [5.74, 6) is 0. The minimum atomic E-state index is 1.11. The van der Waals surface area contributed by atoms with Gasteiger partial charge in [0, 0.05) is 40.9 Å². The molecule has 0 amide bonds. The summed E-state index contributed by atoms with van der Waals surface area (Å²) in [6.07, 6.45) is 0. The summed E-state index contributed by atoms with van der Waals surface area (Å²) in [5.41, 5.74) is 8.11. The molecule has 0 N–H and O–H groups in total. The lowest BCUT2D eigenvalue weighted by molar-refractivity contribution is 1.22. The number of nitrogens with zero attached hydrogens (tertiary/aromatic N) is 2. The van der Waals surface area contributed by atoms with Crippen molar-refractivity contribution in [1.29, 1.82) is 0 Å². The molecule has 0 aromatic heterocycles. The quantitative estimate of drug-likeness (QED) is 0.182. The monoisotopic (exact) mass is 576 g/mol. The second-order valence-corrected chi connectivity index (χ2v) is 11.5. The van der Waals surface area contributed by atoms with Crippen molar-refractivity contribution in [2.24, 2.45) is 0 Å². The van der Waals surface area contributed by atoms with Crippen LogP contribution >= 0.6 is 0 Å². The van der Waals surface area contributed by atoms with Crippen molar-refractivity contribution in [2.45, 2.75) is 0 Å². The highest BCUT2D eigenvalue weighted by Gasteiger charge is 2.16. The van der Waals surface area contributed by atoms with Crippen LogP contribution in [0.3, 0.4) is 0 Å². The van der Waals surface area contributed by atoms with Crippen molar-refractivity contribution in [2.75, 3.05) is 16.8 Å². The van der Waals surface area contributed by atoms with Crippen LogP contribution in [0.15, 0.2) is 176 Å². The van der Waals surface area contributed by atoms with Crippen molar-refractivity contribution < 1.29 is 0 Å². The average molecular weight is 577 g/mol. The smallest absolute Gasteiger partial charge is 0.0494 e. The van der Waals surface area contributed by atoms with E-state index in [1.165, 1.54) is 49.1 Å². The fourth-order valence-electron chi connectivity index (χ4n) is 6.47. The maximum atomic E-state index is 2.34. The predicted molar refractivity (Wildman–Crippen MR) is 194 cm³/mol. The Morgan fingerprint density at radius 1 is 0.333 bits per heavy atom. The van der Waals surface area contributed by atoms with Crippen LogP contribution in [0.25, 0.3) is 43.4 Å². The van der Waals surface area contributed by atoms with E-state index in [-0.39, 0.29) is 0 Å². The lowest BCUT2D eigenvalue weighted by atomic mass is 9.99. The Bertz CT molecular complexity index is 2270. The molecule has 8 aromatic rings. The maximum absolute atomic E-state index is 2.34. The van der Waals surface area contributed by atoms with E-state index in [2.05, 4.69) is 193 Å². The molecule has 8 rings (SSSR count). The lowest BCUT2D eigenvalue weighted by Crippen LogP contribution is -2.12. The van der Waals surface area contributed by atoms with Gasteiger partial charge in [0.15, 0.2) is 0 Å². The highest BCUT2D eigenvalue weighted by Crippen LogP contribution is 2.40. The molecule has 0 aliphatic carbocycles. The van der Waals surface area contributed by atoms with E-state index in [0.29, 0.717) is 0 Å². The second kappa shape index (κ2) is 11.3. The number of benzene rings is 8. The first-order chi connectivity index (χ1) is 22.2. The summed E-state index contributed by atoms with van der Waals surface area (Å²) in [5, 5.41) is 7.51. The molecule has 0 heterocycles. The Morgan fingerprint density at radius 2 is 0.844 bits per heavy atom. The van der Waals surface area contributed by atoms with Gasteiger partial charge in [0.25, 0.3) is 0 Å². The van der Waals surface area contributed by atoms with Crippen LogP contribution in [0.1, 0.15) is 0 Å². The molecule has 0 spiro atoms. The number of hydrogen-bond donors (Lipinski definition) is 0.